The molecule has 0 aliphatic carbocycles. The lowest BCUT2D eigenvalue weighted by molar-refractivity contribution is 0.187. The van der Waals surface area contributed by atoms with Gasteiger partial charge in [-0.3, -0.25) is 4.98 Å². The zero-order chi connectivity index (χ0) is 13.4. The fraction of sp³-hybridized carbons (Fsp3) is 0.133. The smallest absolute Gasteiger partial charge is 0.147 e. The number of aryl methyl sites for hydroxylation is 1. The van der Waals surface area contributed by atoms with Crippen LogP contribution in [0.1, 0.15) is 23.0 Å². The van der Waals surface area contributed by atoms with Crippen LogP contribution in [0, 0.1) is 12.7 Å². The Morgan fingerprint density at radius 3 is 2.89 bits per heavy atom. The molecule has 0 bridgehead atoms. The van der Waals surface area contributed by atoms with Crippen LogP contribution in [0.3, 0.4) is 0 Å². The van der Waals surface area contributed by atoms with E-state index in [1.165, 1.54) is 12.3 Å². The van der Waals surface area contributed by atoms with Crippen molar-refractivity contribution in [3.63, 3.8) is 0 Å². The Morgan fingerprint density at radius 1 is 1.26 bits per heavy atom. The molecule has 0 spiro atoms. The predicted octanol–water partition coefficient (Wildman–Crippen LogP) is 3.36. The largest absolute Gasteiger partial charge is 0.458 e. The quantitative estimate of drug-likeness (QED) is 0.765. The molecule has 3 rings (SSSR count). The molecule has 0 aliphatic heterocycles. The summed E-state index contributed by atoms with van der Waals surface area (Å²) < 4.78 is 19.1. The van der Waals surface area contributed by atoms with Gasteiger partial charge in [-0.1, -0.05) is 11.6 Å². The first-order valence-corrected chi connectivity index (χ1v) is 5.93. The second-order valence-corrected chi connectivity index (χ2v) is 4.49. The van der Waals surface area contributed by atoms with E-state index < -0.39 is 11.9 Å². The number of aliphatic hydroxyl groups is 1. The second-order valence-electron chi connectivity index (χ2n) is 4.49. The Bertz CT molecular complexity index is 736. The van der Waals surface area contributed by atoms with Gasteiger partial charge in [0.1, 0.15) is 23.3 Å². The Hall–Kier alpha value is -2.20. The molecule has 1 N–H and O–H groups in total. The molecule has 19 heavy (non-hydrogen) atoms. The van der Waals surface area contributed by atoms with Gasteiger partial charge in [0.05, 0.1) is 6.20 Å². The van der Waals surface area contributed by atoms with Crippen molar-refractivity contribution in [1.82, 2.24) is 4.98 Å². The van der Waals surface area contributed by atoms with Gasteiger partial charge in [-0.05, 0) is 31.2 Å². The standard InChI is InChI=1S/C15H12FNO2/c1-9-2-3-13-10(6-9)7-14(19-13)15(18)11-4-5-17-8-12(11)16/h2-8,15,18H,1H3. The maximum Gasteiger partial charge on any atom is 0.147 e. The van der Waals surface area contributed by atoms with Crippen LogP contribution in [0.25, 0.3) is 11.0 Å². The van der Waals surface area contributed by atoms with Gasteiger partial charge in [0.25, 0.3) is 0 Å². The van der Waals surface area contributed by atoms with Gasteiger partial charge >= 0.3 is 0 Å². The third-order valence-corrected chi connectivity index (χ3v) is 3.06. The number of rotatable bonds is 2. The molecule has 1 aromatic carbocycles. The Labute approximate surface area is 109 Å². The molecule has 0 saturated carbocycles. The van der Waals surface area contributed by atoms with Gasteiger partial charge in [-0.25, -0.2) is 4.39 Å². The van der Waals surface area contributed by atoms with Crippen molar-refractivity contribution in [2.45, 2.75) is 13.0 Å². The van der Waals surface area contributed by atoms with Crippen LogP contribution < -0.4 is 0 Å². The third-order valence-electron chi connectivity index (χ3n) is 3.06. The molecule has 0 amide bonds. The Kier molecular flexibility index (Phi) is 2.80. The van der Waals surface area contributed by atoms with E-state index in [1.54, 1.807) is 6.07 Å². The molecule has 0 radical (unpaired) electrons. The van der Waals surface area contributed by atoms with Crippen LogP contribution in [0.5, 0.6) is 0 Å². The van der Waals surface area contributed by atoms with E-state index in [0.29, 0.717) is 11.3 Å². The monoisotopic (exact) mass is 257 g/mol. The van der Waals surface area contributed by atoms with E-state index in [2.05, 4.69) is 4.98 Å². The molecule has 0 fully saturated rings. The summed E-state index contributed by atoms with van der Waals surface area (Å²) in [5.74, 6) is -0.225. The lowest BCUT2D eigenvalue weighted by Crippen LogP contribution is -2.01. The Balaban J connectivity index is 2.07. The minimum absolute atomic E-state index is 0.158. The fourth-order valence-corrected chi connectivity index (χ4v) is 2.08. The zero-order valence-corrected chi connectivity index (χ0v) is 10.3. The predicted molar refractivity (Wildman–Crippen MR) is 69.2 cm³/mol. The normalized spacial score (nSPS) is 12.8. The van der Waals surface area contributed by atoms with Crippen molar-refractivity contribution in [3.05, 3.63) is 65.4 Å². The number of nitrogens with zero attached hydrogens (tertiary/aromatic N) is 1. The molecule has 0 aliphatic rings. The summed E-state index contributed by atoms with van der Waals surface area (Å²) in [6, 6.07) is 8.89. The van der Waals surface area contributed by atoms with Crippen LogP contribution >= 0.6 is 0 Å². The lowest BCUT2D eigenvalue weighted by atomic mass is 10.1. The second kappa shape index (κ2) is 4.48. The lowest BCUT2D eigenvalue weighted by Gasteiger charge is -2.08. The summed E-state index contributed by atoms with van der Waals surface area (Å²) >= 11 is 0. The van der Waals surface area contributed by atoms with E-state index in [9.17, 15) is 9.50 Å². The number of hydrogen-bond acceptors (Lipinski definition) is 3. The van der Waals surface area contributed by atoms with E-state index >= 15 is 0 Å². The highest BCUT2D eigenvalue weighted by Crippen LogP contribution is 2.29. The van der Waals surface area contributed by atoms with Crippen LogP contribution in [-0.2, 0) is 0 Å². The third kappa shape index (κ3) is 2.11. The molecule has 0 saturated heterocycles. The highest BCUT2D eigenvalue weighted by Gasteiger charge is 2.19. The first-order chi connectivity index (χ1) is 9.15. The fourth-order valence-electron chi connectivity index (χ4n) is 2.08. The first-order valence-electron chi connectivity index (χ1n) is 5.93. The molecule has 2 heterocycles. The summed E-state index contributed by atoms with van der Waals surface area (Å²) in [5, 5.41) is 11.1. The van der Waals surface area contributed by atoms with E-state index in [1.807, 2.05) is 25.1 Å². The maximum atomic E-state index is 13.6. The number of pyridine rings is 1. The highest BCUT2D eigenvalue weighted by atomic mass is 19.1. The molecular formula is C15H12FNO2. The minimum atomic E-state index is -1.13. The van der Waals surface area contributed by atoms with Gasteiger partial charge in [0, 0.05) is 17.1 Å². The first kappa shape index (κ1) is 11.9. The molecule has 96 valence electrons. The molecule has 2 aromatic heterocycles. The van der Waals surface area contributed by atoms with Crippen molar-refractivity contribution >= 4 is 11.0 Å². The summed E-state index contributed by atoms with van der Waals surface area (Å²) in [5.41, 5.74) is 1.93. The van der Waals surface area contributed by atoms with Gasteiger partial charge < -0.3 is 9.52 Å². The van der Waals surface area contributed by atoms with E-state index in [-0.39, 0.29) is 5.56 Å². The summed E-state index contributed by atoms with van der Waals surface area (Å²) in [4.78, 5) is 3.66. The highest BCUT2D eigenvalue weighted by molar-refractivity contribution is 5.78. The Morgan fingerprint density at radius 2 is 2.11 bits per heavy atom. The summed E-state index contributed by atoms with van der Waals surface area (Å²) in [7, 11) is 0. The number of fused-ring (bicyclic) bond motifs is 1. The molecule has 1 unspecified atom stereocenters. The van der Waals surface area contributed by atoms with Crippen LogP contribution in [-0.4, -0.2) is 10.1 Å². The van der Waals surface area contributed by atoms with Crippen LogP contribution in [0.15, 0.2) is 47.1 Å². The molecule has 1 atom stereocenters. The minimum Gasteiger partial charge on any atom is -0.458 e. The van der Waals surface area contributed by atoms with Gasteiger partial charge in [-0.15, -0.1) is 0 Å². The van der Waals surface area contributed by atoms with Crippen molar-refractivity contribution in [3.8, 4) is 0 Å². The van der Waals surface area contributed by atoms with E-state index in [4.69, 9.17) is 4.42 Å². The number of aliphatic hydroxyl groups excluding tert-OH is 1. The van der Waals surface area contributed by atoms with Crippen molar-refractivity contribution in [1.29, 1.82) is 0 Å². The zero-order valence-electron chi connectivity index (χ0n) is 10.3. The van der Waals surface area contributed by atoms with Gasteiger partial charge in [0.2, 0.25) is 0 Å². The molecule has 3 aromatic rings. The van der Waals surface area contributed by atoms with Crippen molar-refractivity contribution in [2.75, 3.05) is 0 Å². The maximum absolute atomic E-state index is 13.6. The van der Waals surface area contributed by atoms with Crippen molar-refractivity contribution in [2.24, 2.45) is 0 Å². The average Bonchev–Trinajstić information content (AvgIpc) is 2.81. The number of hydrogen-bond donors (Lipinski definition) is 1. The number of benzene rings is 1. The molecule has 4 heteroatoms. The molecule has 3 nitrogen and oxygen atoms in total. The number of furan rings is 1. The summed E-state index contributed by atoms with van der Waals surface area (Å²) in [6.45, 7) is 1.98. The van der Waals surface area contributed by atoms with Crippen LogP contribution in [0.4, 0.5) is 4.39 Å². The number of halogens is 1. The summed E-state index contributed by atoms with van der Waals surface area (Å²) in [6.07, 6.45) is 1.38. The van der Waals surface area contributed by atoms with E-state index in [0.717, 1.165) is 17.1 Å². The van der Waals surface area contributed by atoms with Gasteiger partial charge in [0.15, 0.2) is 0 Å². The van der Waals surface area contributed by atoms with Gasteiger partial charge in [-0.2, -0.15) is 0 Å². The van der Waals surface area contributed by atoms with Crippen LogP contribution in [0.2, 0.25) is 0 Å². The molecular weight excluding hydrogens is 245 g/mol. The average molecular weight is 257 g/mol. The SMILES string of the molecule is Cc1ccc2oc(C(O)c3ccncc3F)cc2c1. The topological polar surface area (TPSA) is 46.3 Å². The number of aromatic nitrogens is 1. The van der Waals surface area contributed by atoms with Crippen molar-refractivity contribution < 1.29 is 13.9 Å².